The third kappa shape index (κ3) is 4.25. The van der Waals surface area contributed by atoms with E-state index < -0.39 is 30.5 Å². The van der Waals surface area contributed by atoms with Crippen molar-refractivity contribution < 1.29 is 24.2 Å². The van der Waals surface area contributed by atoms with Crippen molar-refractivity contribution in [2.24, 2.45) is 0 Å². The fourth-order valence-electron chi connectivity index (χ4n) is 1.13. The number of amides is 2. The summed E-state index contributed by atoms with van der Waals surface area (Å²) in [6.45, 7) is -0.515. The number of carboxylic acids is 1. The molecule has 1 aromatic carbocycles. The van der Waals surface area contributed by atoms with Crippen LogP contribution in [-0.4, -0.2) is 34.9 Å². The maximum atomic E-state index is 13.4. The zero-order valence-corrected chi connectivity index (χ0v) is 9.55. The van der Waals surface area contributed by atoms with E-state index in [1.165, 1.54) is 12.1 Å². The van der Waals surface area contributed by atoms with E-state index in [2.05, 4.69) is 10.6 Å². The first-order valence-corrected chi connectivity index (χ1v) is 5.09. The predicted octanol–water partition coefficient (Wildman–Crippen LogP) is 0.264. The van der Waals surface area contributed by atoms with E-state index in [1.54, 1.807) is 6.07 Å². The molecular weight excluding hydrogens is 257 g/mol. The lowest BCUT2D eigenvalue weighted by Gasteiger charge is -2.10. The summed E-state index contributed by atoms with van der Waals surface area (Å²) < 4.78 is 13.4. The Balaban J connectivity index is 2.58. The second-order valence-electron chi connectivity index (χ2n) is 3.50. The van der Waals surface area contributed by atoms with Gasteiger partial charge in [-0.1, -0.05) is 0 Å². The highest BCUT2D eigenvalue weighted by Gasteiger charge is 2.14. The molecule has 0 aliphatic heterocycles. The minimum Gasteiger partial charge on any atom is -0.479 e. The van der Waals surface area contributed by atoms with E-state index in [9.17, 15) is 14.0 Å². The fraction of sp³-hybridized carbons (Fsp3) is 0.182. The SMILES string of the molecule is N#Cc1ccc(NC(=O)NCC(O)C(=O)O)c(F)c1. The summed E-state index contributed by atoms with van der Waals surface area (Å²) in [5.74, 6) is -2.28. The molecule has 0 fully saturated rings. The summed E-state index contributed by atoms with van der Waals surface area (Å²) in [4.78, 5) is 21.6. The van der Waals surface area contributed by atoms with Gasteiger partial charge < -0.3 is 20.8 Å². The van der Waals surface area contributed by atoms with Gasteiger partial charge in [0.1, 0.15) is 5.82 Å². The van der Waals surface area contributed by atoms with Gasteiger partial charge in [-0.2, -0.15) is 5.26 Å². The van der Waals surface area contributed by atoms with Crippen molar-refractivity contribution in [1.82, 2.24) is 5.32 Å². The second-order valence-corrected chi connectivity index (χ2v) is 3.50. The number of nitrogens with zero attached hydrogens (tertiary/aromatic N) is 1. The van der Waals surface area contributed by atoms with Crippen LogP contribution in [0.1, 0.15) is 5.56 Å². The number of benzene rings is 1. The smallest absolute Gasteiger partial charge is 0.334 e. The first kappa shape index (κ1) is 14.4. The first-order chi connectivity index (χ1) is 8.93. The van der Waals surface area contributed by atoms with Gasteiger partial charge in [-0.05, 0) is 18.2 Å². The number of carbonyl (C=O) groups excluding carboxylic acids is 1. The highest BCUT2D eigenvalue weighted by atomic mass is 19.1. The van der Waals surface area contributed by atoms with Gasteiger partial charge >= 0.3 is 12.0 Å². The molecule has 0 aliphatic rings. The molecule has 7 nitrogen and oxygen atoms in total. The molecule has 0 radical (unpaired) electrons. The molecule has 0 saturated carbocycles. The number of anilines is 1. The molecule has 0 aliphatic carbocycles. The van der Waals surface area contributed by atoms with Crippen molar-refractivity contribution in [2.45, 2.75) is 6.10 Å². The highest BCUT2D eigenvalue weighted by molar-refractivity contribution is 5.89. The first-order valence-electron chi connectivity index (χ1n) is 5.09. The Morgan fingerprint density at radius 2 is 2.16 bits per heavy atom. The number of hydrogen-bond donors (Lipinski definition) is 4. The van der Waals surface area contributed by atoms with Crippen LogP contribution >= 0.6 is 0 Å². The maximum Gasteiger partial charge on any atom is 0.334 e. The van der Waals surface area contributed by atoms with Crippen LogP contribution < -0.4 is 10.6 Å². The average Bonchev–Trinajstić information content (AvgIpc) is 2.38. The van der Waals surface area contributed by atoms with Crippen LogP contribution in [0.15, 0.2) is 18.2 Å². The third-order valence-corrected chi connectivity index (χ3v) is 2.09. The van der Waals surface area contributed by atoms with E-state index in [0.29, 0.717) is 0 Å². The monoisotopic (exact) mass is 267 g/mol. The van der Waals surface area contributed by atoms with E-state index in [4.69, 9.17) is 15.5 Å². The molecule has 0 bridgehead atoms. The van der Waals surface area contributed by atoms with Crippen LogP contribution in [0.2, 0.25) is 0 Å². The normalized spacial score (nSPS) is 11.2. The number of aliphatic hydroxyl groups is 1. The Labute approximate surface area is 107 Å². The fourth-order valence-corrected chi connectivity index (χ4v) is 1.13. The number of rotatable bonds is 4. The molecule has 100 valence electrons. The van der Waals surface area contributed by atoms with Crippen LogP contribution in [0.5, 0.6) is 0 Å². The number of nitriles is 1. The lowest BCUT2D eigenvalue weighted by molar-refractivity contribution is -0.146. The number of carbonyl (C=O) groups is 2. The molecule has 0 aromatic heterocycles. The van der Waals surface area contributed by atoms with Gasteiger partial charge in [0.25, 0.3) is 0 Å². The predicted molar refractivity (Wildman–Crippen MR) is 61.8 cm³/mol. The molecule has 1 unspecified atom stereocenters. The Morgan fingerprint density at radius 1 is 1.47 bits per heavy atom. The number of carboxylic acid groups (broad SMARTS) is 1. The van der Waals surface area contributed by atoms with Gasteiger partial charge in [0.15, 0.2) is 6.10 Å². The third-order valence-electron chi connectivity index (χ3n) is 2.09. The summed E-state index contributed by atoms with van der Waals surface area (Å²) in [5, 5.41) is 30.0. The van der Waals surface area contributed by atoms with E-state index in [0.717, 1.165) is 6.07 Å². The number of nitrogens with one attached hydrogen (secondary N) is 2. The number of aliphatic carboxylic acids is 1. The van der Waals surface area contributed by atoms with Crippen molar-refractivity contribution in [3.05, 3.63) is 29.6 Å². The molecule has 0 saturated heterocycles. The van der Waals surface area contributed by atoms with Gasteiger partial charge in [-0.15, -0.1) is 0 Å². The largest absolute Gasteiger partial charge is 0.479 e. The van der Waals surface area contributed by atoms with Crippen LogP contribution in [0.3, 0.4) is 0 Å². The Bertz CT molecular complexity index is 541. The Morgan fingerprint density at radius 3 is 2.68 bits per heavy atom. The lowest BCUT2D eigenvalue weighted by Crippen LogP contribution is -2.38. The van der Waals surface area contributed by atoms with Crippen LogP contribution in [-0.2, 0) is 4.79 Å². The van der Waals surface area contributed by atoms with Crippen molar-refractivity contribution in [2.75, 3.05) is 11.9 Å². The number of hydrogen-bond acceptors (Lipinski definition) is 4. The molecule has 1 aromatic rings. The Kier molecular flexibility index (Phi) is 4.79. The van der Waals surface area contributed by atoms with Crippen molar-refractivity contribution in [3.8, 4) is 6.07 Å². The summed E-state index contributed by atoms with van der Waals surface area (Å²) in [6.07, 6.45) is -1.74. The second kappa shape index (κ2) is 6.32. The minimum absolute atomic E-state index is 0.102. The number of aliphatic hydroxyl groups excluding tert-OH is 1. The van der Waals surface area contributed by atoms with E-state index in [-0.39, 0.29) is 11.3 Å². The van der Waals surface area contributed by atoms with Gasteiger partial charge in [-0.3, -0.25) is 0 Å². The number of halogens is 1. The average molecular weight is 267 g/mol. The van der Waals surface area contributed by atoms with Crippen molar-refractivity contribution in [1.29, 1.82) is 5.26 Å². The van der Waals surface area contributed by atoms with Gasteiger partial charge in [0.05, 0.1) is 23.9 Å². The summed E-state index contributed by atoms with van der Waals surface area (Å²) in [6, 6.07) is 4.31. The summed E-state index contributed by atoms with van der Waals surface area (Å²) in [7, 11) is 0. The molecular formula is C11H10FN3O4. The van der Waals surface area contributed by atoms with Crippen LogP contribution in [0.4, 0.5) is 14.9 Å². The Hall–Kier alpha value is -2.66. The van der Waals surface area contributed by atoms with Gasteiger partial charge in [0.2, 0.25) is 0 Å². The molecule has 1 rings (SSSR count). The topological polar surface area (TPSA) is 122 Å². The quantitative estimate of drug-likeness (QED) is 0.623. The van der Waals surface area contributed by atoms with E-state index >= 15 is 0 Å². The summed E-state index contributed by atoms with van der Waals surface area (Å²) in [5.41, 5.74) is -0.0638. The van der Waals surface area contributed by atoms with Crippen LogP contribution in [0, 0.1) is 17.1 Å². The highest BCUT2D eigenvalue weighted by Crippen LogP contribution is 2.14. The van der Waals surface area contributed by atoms with Crippen molar-refractivity contribution in [3.63, 3.8) is 0 Å². The zero-order chi connectivity index (χ0) is 14.4. The van der Waals surface area contributed by atoms with Crippen molar-refractivity contribution >= 4 is 17.7 Å². The van der Waals surface area contributed by atoms with E-state index in [1.807, 2.05) is 0 Å². The maximum absolute atomic E-state index is 13.4. The standard InChI is InChI=1S/C11H10FN3O4/c12-7-3-6(4-13)1-2-8(7)15-11(19)14-5-9(16)10(17)18/h1-3,9,16H,5H2,(H,17,18)(H2,14,15,19). The zero-order valence-electron chi connectivity index (χ0n) is 9.55. The van der Waals surface area contributed by atoms with Gasteiger partial charge in [0, 0.05) is 0 Å². The van der Waals surface area contributed by atoms with Gasteiger partial charge in [-0.25, -0.2) is 14.0 Å². The minimum atomic E-state index is -1.74. The molecule has 19 heavy (non-hydrogen) atoms. The molecule has 0 heterocycles. The number of urea groups is 1. The molecule has 4 N–H and O–H groups in total. The lowest BCUT2D eigenvalue weighted by atomic mass is 10.2. The summed E-state index contributed by atoms with van der Waals surface area (Å²) >= 11 is 0. The molecule has 0 spiro atoms. The van der Waals surface area contributed by atoms with Crippen LogP contribution in [0.25, 0.3) is 0 Å². The molecule has 1 atom stereocenters. The molecule has 8 heteroatoms. The molecule has 2 amide bonds.